The molecule has 0 aliphatic carbocycles. The van der Waals surface area contributed by atoms with Crippen molar-refractivity contribution in [2.75, 3.05) is 18.0 Å². The van der Waals surface area contributed by atoms with E-state index >= 15 is 0 Å². The minimum Gasteiger partial charge on any atom is -0.394 e. The van der Waals surface area contributed by atoms with Gasteiger partial charge in [-0.15, -0.1) is 6.07 Å². The van der Waals surface area contributed by atoms with E-state index in [1.54, 1.807) is 0 Å². The van der Waals surface area contributed by atoms with Gasteiger partial charge in [-0.2, -0.15) is 29.8 Å². The van der Waals surface area contributed by atoms with E-state index in [1.165, 1.54) is 37.2 Å². The molecule has 0 spiro atoms. The second kappa shape index (κ2) is 7.37. The van der Waals surface area contributed by atoms with Crippen molar-refractivity contribution in [1.29, 1.82) is 0 Å². The molecule has 1 aliphatic rings. The van der Waals surface area contributed by atoms with Crippen molar-refractivity contribution in [3.63, 3.8) is 0 Å². The van der Waals surface area contributed by atoms with Crippen molar-refractivity contribution < 1.29 is 17.1 Å². The summed E-state index contributed by atoms with van der Waals surface area (Å²) in [7, 11) is 0. The van der Waals surface area contributed by atoms with Crippen LogP contribution in [0, 0.1) is 6.92 Å². The van der Waals surface area contributed by atoms with E-state index in [9.17, 15) is 0 Å². The van der Waals surface area contributed by atoms with Crippen LogP contribution in [0.1, 0.15) is 18.4 Å². The van der Waals surface area contributed by atoms with E-state index in [2.05, 4.69) is 30.0 Å². The number of anilines is 1. The van der Waals surface area contributed by atoms with Gasteiger partial charge in [0.1, 0.15) is 0 Å². The van der Waals surface area contributed by atoms with E-state index in [0.717, 1.165) is 0 Å². The van der Waals surface area contributed by atoms with Gasteiger partial charge in [-0.25, -0.2) is 18.2 Å². The fraction of sp³-hybridized carbons (Fsp3) is 0.333. The van der Waals surface area contributed by atoms with Crippen LogP contribution < -0.4 is 4.90 Å². The number of hydrogen-bond donors (Lipinski definition) is 0. The third-order valence-electron chi connectivity index (χ3n) is 3.01. The summed E-state index contributed by atoms with van der Waals surface area (Å²) >= 11 is 0. The average molecular weight is 269 g/mol. The molecule has 1 saturated heterocycles. The van der Waals surface area contributed by atoms with Gasteiger partial charge in [-0.05, 0) is 12.8 Å². The molecular formula is C15H19FeN. The smallest absolute Gasteiger partial charge is 0.394 e. The summed E-state index contributed by atoms with van der Waals surface area (Å²) in [5, 5.41) is 0. The fourth-order valence-electron chi connectivity index (χ4n) is 2.13. The quantitative estimate of drug-likeness (QED) is 0.563. The predicted molar refractivity (Wildman–Crippen MR) is 70.3 cm³/mol. The van der Waals surface area contributed by atoms with Crippen molar-refractivity contribution in [3.8, 4) is 0 Å². The first-order valence-corrected chi connectivity index (χ1v) is 6.02. The molecule has 17 heavy (non-hydrogen) atoms. The van der Waals surface area contributed by atoms with Crippen molar-refractivity contribution in [2.45, 2.75) is 19.8 Å². The Bertz CT molecular complexity index is 366. The Balaban J connectivity index is 0.000000205. The van der Waals surface area contributed by atoms with E-state index in [-0.39, 0.29) is 17.1 Å². The van der Waals surface area contributed by atoms with Crippen LogP contribution in [0.2, 0.25) is 0 Å². The maximum absolute atomic E-state index is 2.48. The second-order valence-corrected chi connectivity index (χ2v) is 4.25. The summed E-state index contributed by atoms with van der Waals surface area (Å²) in [5.41, 5.74) is 2.87. The third-order valence-corrected chi connectivity index (χ3v) is 3.01. The Morgan fingerprint density at radius 1 is 1.06 bits per heavy atom. The molecule has 92 valence electrons. The van der Waals surface area contributed by atoms with Crippen molar-refractivity contribution >= 4 is 5.69 Å². The Morgan fingerprint density at radius 2 is 1.71 bits per heavy atom. The Morgan fingerprint density at radius 3 is 2.12 bits per heavy atom. The molecule has 2 aromatic carbocycles. The van der Waals surface area contributed by atoms with Crippen molar-refractivity contribution in [2.24, 2.45) is 0 Å². The summed E-state index contributed by atoms with van der Waals surface area (Å²) < 4.78 is 0. The molecule has 1 nitrogen and oxygen atoms in total. The van der Waals surface area contributed by atoms with Crippen LogP contribution in [0.4, 0.5) is 5.69 Å². The first-order chi connectivity index (χ1) is 7.88. The number of aryl methyl sites for hydroxylation is 1. The summed E-state index contributed by atoms with van der Waals surface area (Å²) in [6.07, 6.45) is 2.73. The van der Waals surface area contributed by atoms with Crippen LogP contribution in [0.5, 0.6) is 0 Å². The van der Waals surface area contributed by atoms with Crippen molar-refractivity contribution in [1.82, 2.24) is 0 Å². The molecule has 0 amide bonds. The number of nitrogens with zero attached hydrogens (tertiary/aromatic N) is 1. The molecule has 0 saturated carbocycles. The predicted octanol–water partition coefficient (Wildman–Crippen LogP) is 3.72. The number of rotatable bonds is 1. The Hall–Kier alpha value is -0.981. The molecule has 1 aliphatic heterocycles. The van der Waals surface area contributed by atoms with Gasteiger partial charge in [0.15, 0.2) is 0 Å². The van der Waals surface area contributed by atoms with Gasteiger partial charge in [0.2, 0.25) is 0 Å². The summed E-state index contributed by atoms with van der Waals surface area (Å²) in [5.74, 6) is 0. The van der Waals surface area contributed by atoms with Gasteiger partial charge >= 0.3 is 17.1 Å². The van der Waals surface area contributed by atoms with Crippen LogP contribution in [0.3, 0.4) is 0 Å². The van der Waals surface area contributed by atoms with Gasteiger partial charge < -0.3 is 4.90 Å². The first-order valence-electron chi connectivity index (χ1n) is 6.02. The van der Waals surface area contributed by atoms with Crippen LogP contribution >= 0.6 is 0 Å². The Kier molecular flexibility index (Phi) is 6.10. The molecular weight excluding hydrogens is 250 g/mol. The molecule has 3 rings (SSSR count). The summed E-state index contributed by atoms with van der Waals surface area (Å²) in [6.45, 7) is 4.70. The SMILES string of the molecule is Cc1cc[cH-]c1N1CCCC1.[Fe+2].c1cc[cH-]c1. The van der Waals surface area contributed by atoms with Gasteiger partial charge in [0.25, 0.3) is 0 Å². The molecule has 1 heterocycles. The summed E-state index contributed by atoms with van der Waals surface area (Å²) in [6, 6.07) is 16.6. The molecule has 0 bridgehead atoms. The minimum atomic E-state index is 0. The molecule has 0 radical (unpaired) electrons. The zero-order valence-corrected chi connectivity index (χ0v) is 11.4. The van der Waals surface area contributed by atoms with Crippen LogP contribution in [0.15, 0.2) is 48.5 Å². The zero-order valence-electron chi connectivity index (χ0n) is 10.2. The van der Waals surface area contributed by atoms with Gasteiger partial charge in [-0.3, -0.25) is 0 Å². The molecule has 1 fully saturated rings. The number of hydrogen-bond acceptors (Lipinski definition) is 1. The molecule has 0 unspecified atom stereocenters. The average Bonchev–Trinajstić information content (AvgIpc) is 3.02. The van der Waals surface area contributed by atoms with E-state index in [1.807, 2.05) is 30.3 Å². The molecule has 2 aromatic rings. The Labute approximate surface area is 115 Å². The first kappa shape index (κ1) is 14.1. The molecule has 2 heteroatoms. The summed E-state index contributed by atoms with van der Waals surface area (Å²) in [4.78, 5) is 2.48. The molecule has 0 N–H and O–H groups in total. The van der Waals surface area contributed by atoms with E-state index < -0.39 is 0 Å². The minimum absolute atomic E-state index is 0. The van der Waals surface area contributed by atoms with Crippen LogP contribution in [-0.2, 0) is 17.1 Å². The van der Waals surface area contributed by atoms with E-state index in [0.29, 0.717) is 0 Å². The van der Waals surface area contributed by atoms with Gasteiger partial charge in [0, 0.05) is 13.1 Å². The topological polar surface area (TPSA) is 3.24 Å². The monoisotopic (exact) mass is 269 g/mol. The standard InChI is InChI=1S/C10H14N.C5H5.Fe/c1-9-5-4-6-10(9)11-7-2-3-8-11;1-2-4-5-3-1;/h4-6H,2-3,7-8H2,1H3;1-5H;/q2*-1;+2. The van der Waals surface area contributed by atoms with Gasteiger partial charge in [-0.1, -0.05) is 12.6 Å². The van der Waals surface area contributed by atoms with Gasteiger partial charge in [0.05, 0.1) is 0 Å². The van der Waals surface area contributed by atoms with Crippen LogP contribution in [-0.4, -0.2) is 13.1 Å². The van der Waals surface area contributed by atoms with E-state index in [4.69, 9.17) is 0 Å². The normalized spacial score (nSPS) is 13.8. The molecule has 0 aromatic heterocycles. The third kappa shape index (κ3) is 4.07. The zero-order chi connectivity index (χ0) is 11.2. The fourth-order valence-corrected chi connectivity index (χ4v) is 2.13. The maximum Gasteiger partial charge on any atom is 2.00 e. The second-order valence-electron chi connectivity index (χ2n) is 4.25. The largest absolute Gasteiger partial charge is 2.00 e. The van der Waals surface area contributed by atoms with Crippen LogP contribution in [0.25, 0.3) is 0 Å². The maximum atomic E-state index is 2.48. The van der Waals surface area contributed by atoms with Crippen molar-refractivity contribution in [3.05, 3.63) is 54.1 Å². The molecule has 0 atom stereocenters.